The van der Waals surface area contributed by atoms with Crippen molar-refractivity contribution >= 4 is 11.8 Å². The van der Waals surface area contributed by atoms with E-state index >= 15 is 0 Å². The Morgan fingerprint density at radius 1 is 1.07 bits per heavy atom. The van der Waals surface area contributed by atoms with Gasteiger partial charge in [0, 0.05) is 32.1 Å². The SMILES string of the molecule is NC(=O)CCNC(=O)[C@@H]1CCCN(C2CCN(CCc3ccccc3)CC2)C1. The molecule has 3 N–H and O–H groups in total. The number of primary amides is 1. The van der Waals surface area contributed by atoms with Gasteiger partial charge in [-0.1, -0.05) is 30.3 Å². The second kappa shape index (κ2) is 10.6. The summed E-state index contributed by atoms with van der Waals surface area (Å²) in [6.07, 6.45) is 5.71. The van der Waals surface area contributed by atoms with Crippen LogP contribution in [0.1, 0.15) is 37.7 Å². The van der Waals surface area contributed by atoms with E-state index in [0.29, 0.717) is 12.6 Å². The molecule has 1 aromatic rings. The van der Waals surface area contributed by atoms with E-state index in [1.807, 2.05) is 0 Å². The minimum Gasteiger partial charge on any atom is -0.370 e. The van der Waals surface area contributed by atoms with Crippen molar-refractivity contribution in [2.24, 2.45) is 11.7 Å². The second-order valence-corrected chi connectivity index (χ2v) is 8.15. The molecule has 0 saturated carbocycles. The zero-order valence-electron chi connectivity index (χ0n) is 16.8. The van der Waals surface area contributed by atoms with Crippen LogP contribution in [0.4, 0.5) is 0 Å². The van der Waals surface area contributed by atoms with E-state index in [1.54, 1.807) is 0 Å². The molecule has 2 heterocycles. The molecule has 2 aliphatic heterocycles. The van der Waals surface area contributed by atoms with Gasteiger partial charge in [-0.2, -0.15) is 0 Å². The van der Waals surface area contributed by atoms with Gasteiger partial charge in [-0.3, -0.25) is 14.5 Å². The van der Waals surface area contributed by atoms with E-state index in [9.17, 15) is 9.59 Å². The molecule has 28 heavy (non-hydrogen) atoms. The lowest BCUT2D eigenvalue weighted by Gasteiger charge is -2.42. The maximum atomic E-state index is 12.4. The Bertz CT molecular complexity index is 629. The fraction of sp³-hybridized carbons (Fsp3) is 0.636. The molecular formula is C22H34N4O2. The van der Waals surface area contributed by atoms with E-state index < -0.39 is 0 Å². The standard InChI is InChI=1S/C22H34N4O2/c23-21(27)8-12-24-22(28)19-7-4-13-26(17-19)20-10-15-25(16-11-20)14-9-18-5-2-1-3-6-18/h1-3,5-6,19-20H,4,7-17H2,(H2,23,27)(H,24,28)/t19-/m1/s1. The molecule has 2 fully saturated rings. The van der Waals surface area contributed by atoms with Crippen LogP contribution in [0.3, 0.4) is 0 Å². The maximum Gasteiger partial charge on any atom is 0.224 e. The van der Waals surface area contributed by atoms with Crippen molar-refractivity contribution in [1.82, 2.24) is 15.1 Å². The molecule has 1 atom stereocenters. The van der Waals surface area contributed by atoms with Crippen LogP contribution in [0, 0.1) is 5.92 Å². The third kappa shape index (κ3) is 6.31. The van der Waals surface area contributed by atoms with Crippen molar-refractivity contribution in [3.8, 4) is 0 Å². The number of rotatable bonds is 8. The van der Waals surface area contributed by atoms with Gasteiger partial charge in [-0.05, 0) is 57.3 Å². The molecule has 3 rings (SSSR count). The predicted molar refractivity (Wildman–Crippen MR) is 111 cm³/mol. The van der Waals surface area contributed by atoms with Crippen LogP contribution in [-0.4, -0.2) is 66.9 Å². The lowest BCUT2D eigenvalue weighted by atomic mass is 9.93. The summed E-state index contributed by atoms with van der Waals surface area (Å²) in [6, 6.07) is 11.3. The van der Waals surface area contributed by atoms with Gasteiger partial charge >= 0.3 is 0 Å². The number of carbonyl (C=O) groups excluding carboxylic acids is 2. The molecule has 6 nitrogen and oxygen atoms in total. The van der Waals surface area contributed by atoms with Gasteiger partial charge in [0.1, 0.15) is 0 Å². The van der Waals surface area contributed by atoms with E-state index in [1.165, 1.54) is 18.4 Å². The largest absolute Gasteiger partial charge is 0.370 e. The molecule has 0 radical (unpaired) electrons. The molecule has 154 valence electrons. The zero-order valence-corrected chi connectivity index (χ0v) is 16.8. The monoisotopic (exact) mass is 386 g/mol. The van der Waals surface area contributed by atoms with E-state index in [2.05, 4.69) is 45.4 Å². The minimum absolute atomic E-state index is 0.0396. The molecule has 2 saturated heterocycles. The smallest absolute Gasteiger partial charge is 0.224 e. The first-order chi connectivity index (χ1) is 13.6. The van der Waals surface area contributed by atoms with Gasteiger partial charge < -0.3 is 16.0 Å². The summed E-state index contributed by atoms with van der Waals surface area (Å²) in [5.41, 5.74) is 6.55. The summed E-state index contributed by atoms with van der Waals surface area (Å²) < 4.78 is 0. The number of amides is 2. The molecule has 2 aliphatic rings. The van der Waals surface area contributed by atoms with Crippen LogP contribution >= 0.6 is 0 Å². The Kier molecular flexibility index (Phi) is 7.86. The highest BCUT2D eigenvalue weighted by atomic mass is 16.2. The molecule has 0 bridgehead atoms. The van der Waals surface area contributed by atoms with Gasteiger partial charge in [0.25, 0.3) is 0 Å². The highest BCUT2D eigenvalue weighted by molar-refractivity contribution is 5.80. The summed E-state index contributed by atoms with van der Waals surface area (Å²) in [7, 11) is 0. The maximum absolute atomic E-state index is 12.4. The van der Waals surface area contributed by atoms with Gasteiger partial charge in [0.2, 0.25) is 11.8 Å². The Morgan fingerprint density at radius 3 is 2.54 bits per heavy atom. The zero-order chi connectivity index (χ0) is 19.8. The minimum atomic E-state index is -0.371. The molecule has 0 unspecified atom stereocenters. The lowest BCUT2D eigenvalue weighted by Crippen LogP contribution is -2.51. The number of hydrogen-bond donors (Lipinski definition) is 2. The van der Waals surface area contributed by atoms with Crippen molar-refractivity contribution < 1.29 is 9.59 Å². The average molecular weight is 387 g/mol. The molecule has 2 amide bonds. The number of nitrogens with two attached hydrogens (primary N) is 1. The third-order valence-electron chi connectivity index (χ3n) is 6.13. The highest BCUT2D eigenvalue weighted by Crippen LogP contribution is 2.24. The number of likely N-dealkylation sites (tertiary alicyclic amines) is 2. The van der Waals surface area contributed by atoms with Gasteiger partial charge in [0.05, 0.1) is 5.92 Å². The number of nitrogens with zero attached hydrogens (tertiary/aromatic N) is 2. The first-order valence-corrected chi connectivity index (χ1v) is 10.7. The van der Waals surface area contributed by atoms with Crippen molar-refractivity contribution in [2.75, 3.05) is 39.3 Å². The fourth-order valence-electron chi connectivity index (χ4n) is 4.45. The number of nitrogens with one attached hydrogen (secondary N) is 1. The normalized spacial score (nSPS) is 22.1. The van der Waals surface area contributed by atoms with E-state index in [-0.39, 0.29) is 24.2 Å². The average Bonchev–Trinajstić information content (AvgIpc) is 2.73. The summed E-state index contributed by atoms with van der Waals surface area (Å²) in [4.78, 5) is 28.3. The molecule has 0 aliphatic carbocycles. The Labute approximate surface area is 168 Å². The van der Waals surface area contributed by atoms with Crippen LogP contribution in [0.25, 0.3) is 0 Å². The molecule has 0 aromatic heterocycles. The second-order valence-electron chi connectivity index (χ2n) is 8.15. The fourth-order valence-corrected chi connectivity index (χ4v) is 4.45. The Morgan fingerprint density at radius 2 is 1.82 bits per heavy atom. The van der Waals surface area contributed by atoms with Gasteiger partial charge in [-0.25, -0.2) is 0 Å². The number of carbonyl (C=O) groups is 2. The van der Waals surface area contributed by atoms with Crippen LogP contribution in [0.2, 0.25) is 0 Å². The Balaban J connectivity index is 1.38. The first kappa shape index (κ1) is 20.8. The van der Waals surface area contributed by atoms with Crippen LogP contribution < -0.4 is 11.1 Å². The topological polar surface area (TPSA) is 78.7 Å². The molecule has 6 heteroatoms. The first-order valence-electron chi connectivity index (χ1n) is 10.7. The van der Waals surface area contributed by atoms with Crippen LogP contribution in [0.5, 0.6) is 0 Å². The molecule has 0 spiro atoms. The summed E-state index contributed by atoms with van der Waals surface area (Å²) in [6.45, 7) is 5.70. The van der Waals surface area contributed by atoms with E-state index in [0.717, 1.165) is 52.0 Å². The van der Waals surface area contributed by atoms with Crippen molar-refractivity contribution in [3.63, 3.8) is 0 Å². The number of piperidine rings is 2. The van der Waals surface area contributed by atoms with Crippen LogP contribution in [0.15, 0.2) is 30.3 Å². The number of benzene rings is 1. The van der Waals surface area contributed by atoms with E-state index in [4.69, 9.17) is 5.73 Å². The quantitative estimate of drug-likeness (QED) is 0.708. The van der Waals surface area contributed by atoms with Gasteiger partial charge in [-0.15, -0.1) is 0 Å². The van der Waals surface area contributed by atoms with Crippen LogP contribution in [-0.2, 0) is 16.0 Å². The summed E-state index contributed by atoms with van der Waals surface area (Å²) in [5, 5.41) is 2.87. The number of hydrogen-bond acceptors (Lipinski definition) is 4. The van der Waals surface area contributed by atoms with Gasteiger partial charge in [0.15, 0.2) is 0 Å². The molecule has 1 aromatic carbocycles. The Hall–Kier alpha value is -1.92. The molecular weight excluding hydrogens is 352 g/mol. The highest BCUT2D eigenvalue weighted by Gasteiger charge is 2.31. The third-order valence-corrected chi connectivity index (χ3v) is 6.13. The van der Waals surface area contributed by atoms with Crippen molar-refractivity contribution in [1.29, 1.82) is 0 Å². The lowest BCUT2D eigenvalue weighted by molar-refractivity contribution is -0.127. The predicted octanol–water partition coefficient (Wildman–Crippen LogP) is 1.40. The van der Waals surface area contributed by atoms with Crippen molar-refractivity contribution in [2.45, 2.75) is 44.6 Å². The van der Waals surface area contributed by atoms with Crippen molar-refractivity contribution in [3.05, 3.63) is 35.9 Å². The summed E-state index contributed by atoms with van der Waals surface area (Å²) >= 11 is 0. The summed E-state index contributed by atoms with van der Waals surface area (Å²) in [5.74, 6) is -0.256.